The monoisotopic (exact) mass is 647 g/mol. The van der Waals surface area contributed by atoms with E-state index in [0.717, 1.165) is 21.0 Å². The molecule has 4 aromatic carbocycles. The maximum atomic E-state index is 14.4. The summed E-state index contributed by atoms with van der Waals surface area (Å²) in [6.07, 6.45) is 0.0572. The first-order valence-corrected chi connectivity index (χ1v) is 17.5. The number of nitrogens with one attached hydrogen (secondary N) is 1. The first-order valence-electron chi connectivity index (χ1n) is 14.6. The van der Waals surface area contributed by atoms with Gasteiger partial charge in [-0.15, -0.1) is 0 Å². The molecule has 0 aromatic heterocycles. The second-order valence-electron chi connectivity index (χ2n) is 11.2. The maximum absolute atomic E-state index is 14.4. The molecule has 0 bridgehead atoms. The van der Waals surface area contributed by atoms with E-state index in [1.807, 2.05) is 44.2 Å². The number of nitrogens with zero attached hydrogens (tertiary/aromatic N) is 2. The van der Waals surface area contributed by atoms with Crippen LogP contribution < -0.4 is 9.62 Å². The molecule has 3 atom stereocenters. The number of sulfonamides is 2. The Hall–Kier alpha value is -4.19. The smallest absolute Gasteiger partial charge is 0.324 e. The van der Waals surface area contributed by atoms with Gasteiger partial charge in [-0.1, -0.05) is 77.9 Å². The number of hydrogen-bond acceptors (Lipinski definition) is 7. The third kappa shape index (κ3) is 6.61. The third-order valence-corrected chi connectivity index (χ3v) is 11.9. The summed E-state index contributed by atoms with van der Waals surface area (Å²) >= 11 is 0. The van der Waals surface area contributed by atoms with Crippen molar-refractivity contribution in [2.75, 3.05) is 23.3 Å². The molecule has 4 aromatic rings. The molecule has 1 heterocycles. The van der Waals surface area contributed by atoms with Crippen molar-refractivity contribution in [3.8, 4) is 0 Å². The Kier molecular flexibility index (Phi) is 9.33. The number of aryl methyl sites for hydroxylation is 2. The summed E-state index contributed by atoms with van der Waals surface area (Å²) < 4.78 is 64.8. The molecule has 0 saturated carbocycles. The van der Waals surface area contributed by atoms with Gasteiger partial charge in [0.1, 0.15) is 6.04 Å². The Morgan fingerprint density at radius 2 is 1.38 bits per heavy atom. The summed E-state index contributed by atoms with van der Waals surface area (Å²) in [5, 5.41) is 3.38. The highest BCUT2D eigenvalue weighted by atomic mass is 32.2. The van der Waals surface area contributed by atoms with Gasteiger partial charge in [-0.25, -0.2) is 16.8 Å². The molecule has 0 amide bonds. The second-order valence-corrected chi connectivity index (χ2v) is 14.9. The van der Waals surface area contributed by atoms with Crippen molar-refractivity contribution in [3.05, 3.63) is 120 Å². The topological polar surface area (TPSA) is 113 Å². The highest BCUT2D eigenvalue weighted by Crippen LogP contribution is 2.38. The first-order chi connectivity index (χ1) is 21.4. The molecule has 0 fully saturated rings. The third-order valence-electron chi connectivity index (χ3n) is 8.11. The molecule has 11 heteroatoms. The average molecular weight is 648 g/mol. The van der Waals surface area contributed by atoms with Crippen LogP contribution in [0.25, 0.3) is 0 Å². The molecular weight excluding hydrogens is 611 g/mol. The molecule has 9 nitrogen and oxygen atoms in total. The van der Waals surface area contributed by atoms with Gasteiger partial charge in [0.05, 0.1) is 40.4 Å². The van der Waals surface area contributed by atoms with Gasteiger partial charge in [0.2, 0.25) is 10.0 Å². The fraction of sp³-hybridized carbons (Fsp3) is 0.265. The largest absolute Gasteiger partial charge is 0.468 e. The van der Waals surface area contributed by atoms with Gasteiger partial charge >= 0.3 is 5.97 Å². The quantitative estimate of drug-likeness (QED) is 0.237. The van der Waals surface area contributed by atoms with Crippen LogP contribution in [0, 0.1) is 13.8 Å². The molecule has 1 aliphatic rings. The normalized spacial score (nSPS) is 17.3. The van der Waals surface area contributed by atoms with Crippen molar-refractivity contribution in [1.82, 2.24) is 4.31 Å². The SMILES string of the molecule is COC(=O)[C@H](Cc1ccccc1)N(C[C@H]1Nc2ccccc2N(S(=O)(=O)c2ccc(C)cc2)[C@H]1C)S(=O)(=O)c1ccc(C)cc1. The molecule has 0 saturated heterocycles. The van der Waals surface area contributed by atoms with Gasteiger partial charge in [-0.2, -0.15) is 4.31 Å². The van der Waals surface area contributed by atoms with E-state index in [-0.39, 0.29) is 22.8 Å². The molecule has 0 spiro atoms. The second kappa shape index (κ2) is 13.0. The van der Waals surface area contributed by atoms with E-state index in [0.29, 0.717) is 11.4 Å². The Morgan fingerprint density at radius 3 is 1.98 bits per heavy atom. The van der Waals surface area contributed by atoms with Crippen LogP contribution >= 0.6 is 0 Å². The van der Waals surface area contributed by atoms with Gasteiger partial charge < -0.3 is 10.1 Å². The molecule has 0 unspecified atom stereocenters. The van der Waals surface area contributed by atoms with Crippen molar-refractivity contribution >= 4 is 37.4 Å². The van der Waals surface area contributed by atoms with Crippen molar-refractivity contribution in [3.63, 3.8) is 0 Å². The zero-order chi connectivity index (χ0) is 32.4. The fourth-order valence-corrected chi connectivity index (χ4v) is 8.88. The number of methoxy groups -OCH3 is 1. The summed E-state index contributed by atoms with van der Waals surface area (Å²) in [4.78, 5) is 13.5. The lowest BCUT2D eigenvalue weighted by molar-refractivity contribution is -0.145. The van der Waals surface area contributed by atoms with Crippen LogP contribution in [0.4, 0.5) is 11.4 Å². The summed E-state index contributed by atoms with van der Waals surface area (Å²) in [5.74, 6) is -0.720. The minimum atomic E-state index is -4.28. The zero-order valence-corrected chi connectivity index (χ0v) is 27.3. The van der Waals surface area contributed by atoms with Crippen molar-refractivity contribution in [2.45, 2.75) is 55.1 Å². The first kappa shape index (κ1) is 32.2. The van der Waals surface area contributed by atoms with E-state index < -0.39 is 44.1 Å². The van der Waals surface area contributed by atoms with Crippen LogP contribution in [-0.4, -0.2) is 58.9 Å². The number of carbonyl (C=O) groups excluding carboxylic acids is 1. The van der Waals surface area contributed by atoms with Gasteiger partial charge in [0, 0.05) is 6.54 Å². The van der Waals surface area contributed by atoms with E-state index >= 15 is 0 Å². The van der Waals surface area contributed by atoms with Crippen LogP contribution in [0.15, 0.2) is 113 Å². The zero-order valence-electron chi connectivity index (χ0n) is 25.6. The average Bonchev–Trinajstić information content (AvgIpc) is 3.03. The predicted molar refractivity (Wildman–Crippen MR) is 175 cm³/mol. The highest BCUT2D eigenvalue weighted by molar-refractivity contribution is 7.93. The summed E-state index contributed by atoms with van der Waals surface area (Å²) in [5.41, 5.74) is 3.52. The van der Waals surface area contributed by atoms with E-state index in [2.05, 4.69) is 5.32 Å². The lowest BCUT2D eigenvalue weighted by atomic mass is 10.0. The Morgan fingerprint density at radius 1 is 0.822 bits per heavy atom. The van der Waals surface area contributed by atoms with E-state index in [1.54, 1.807) is 67.6 Å². The molecule has 1 N–H and O–H groups in total. The van der Waals surface area contributed by atoms with Crippen LogP contribution in [0.2, 0.25) is 0 Å². The Labute approximate surface area is 265 Å². The van der Waals surface area contributed by atoms with Crippen LogP contribution in [0.3, 0.4) is 0 Å². The van der Waals surface area contributed by atoms with Gasteiger partial charge in [-0.05, 0) is 69.2 Å². The number of esters is 1. The molecule has 5 rings (SSSR count). The Balaban J connectivity index is 1.62. The highest BCUT2D eigenvalue weighted by Gasteiger charge is 2.44. The number of carbonyl (C=O) groups is 1. The van der Waals surface area contributed by atoms with E-state index in [1.165, 1.54) is 23.5 Å². The van der Waals surface area contributed by atoms with Crippen molar-refractivity contribution in [1.29, 1.82) is 0 Å². The maximum Gasteiger partial charge on any atom is 0.324 e. The minimum Gasteiger partial charge on any atom is -0.468 e. The van der Waals surface area contributed by atoms with Gasteiger partial charge in [0.15, 0.2) is 0 Å². The summed E-state index contributed by atoms with van der Waals surface area (Å²) in [6, 6.07) is 26.4. The number of ether oxygens (including phenoxy) is 1. The molecule has 0 radical (unpaired) electrons. The Bertz CT molecular complexity index is 1860. The minimum absolute atomic E-state index is 0.0167. The molecule has 45 heavy (non-hydrogen) atoms. The fourth-order valence-electron chi connectivity index (χ4n) is 5.57. The number of rotatable bonds is 10. The number of anilines is 2. The summed E-state index contributed by atoms with van der Waals surface area (Å²) in [7, 11) is -7.11. The molecule has 236 valence electrons. The molecule has 0 aliphatic carbocycles. The molecular formula is C34H37N3O6S2. The van der Waals surface area contributed by atoms with Crippen molar-refractivity contribution < 1.29 is 26.4 Å². The number of benzene rings is 4. The van der Waals surface area contributed by atoms with Crippen LogP contribution in [0.5, 0.6) is 0 Å². The lowest BCUT2D eigenvalue weighted by Gasteiger charge is -2.44. The number of para-hydroxylation sites is 2. The molecule has 1 aliphatic heterocycles. The van der Waals surface area contributed by atoms with E-state index in [4.69, 9.17) is 4.74 Å². The van der Waals surface area contributed by atoms with Gasteiger partial charge in [-0.3, -0.25) is 9.10 Å². The van der Waals surface area contributed by atoms with E-state index in [9.17, 15) is 21.6 Å². The van der Waals surface area contributed by atoms with Gasteiger partial charge in [0.25, 0.3) is 10.0 Å². The summed E-state index contributed by atoms with van der Waals surface area (Å²) in [6.45, 7) is 5.25. The number of hydrogen-bond donors (Lipinski definition) is 1. The lowest BCUT2D eigenvalue weighted by Crippen LogP contribution is -2.58. The standard InChI is InChI=1S/C34H37N3O6S2/c1-24-14-18-28(19-15-24)44(39,40)36(33(34(38)43-4)22-27-10-6-5-7-11-27)23-31-26(3)37(32-13-9-8-12-30(32)35-31)45(41,42)29-20-16-25(2)17-21-29/h5-21,26,31,33,35H,22-23H2,1-4H3/t26-,31+,33-/m0/s1. The predicted octanol–water partition coefficient (Wildman–Crippen LogP) is 5.16. The van der Waals surface area contributed by atoms with Crippen molar-refractivity contribution in [2.24, 2.45) is 0 Å². The number of fused-ring (bicyclic) bond motifs is 1. The van der Waals surface area contributed by atoms with Crippen LogP contribution in [0.1, 0.15) is 23.6 Å². The van der Waals surface area contributed by atoms with Crippen LogP contribution in [-0.2, 0) is 36.0 Å².